The lowest BCUT2D eigenvalue weighted by Crippen LogP contribution is -2.50. The Labute approximate surface area is 126 Å². The minimum Gasteiger partial charge on any atom is -0.333 e. The number of nitrogens with zero attached hydrogens (tertiary/aromatic N) is 2. The molecule has 0 spiro atoms. The fourth-order valence-electron chi connectivity index (χ4n) is 3.60. The minimum absolute atomic E-state index is 0.142. The molecular weight excluding hydrogens is 262 g/mol. The number of piperazine rings is 1. The molecule has 1 N–H and O–H groups in total. The quantitative estimate of drug-likeness (QED) is 0.850. The molecule has 4 nitrogen and oxygen atoms in total. The van der Waals surface area contributed by atoms with E-state index in [1.54, 1.807) is 6.20 Å². The van der Waals surface area contributed by atoms with E-state index in [0.29, 0.717) is 5.91 Å². The van der Waals surface area contributed by atoms with Crippen LogP contribution in [0.25, 0.3) is 0 Å². The molecule has 1 aliphatic heterocycles. The maximum atomic E-state index is 13.0. The second-order valence-corrected chi connectivity index (χ2v) is 6.23. The zero-order valence-electron chi connectivity index (χ0n) is 12.6. The Bertz CT molecular complexity index is 454. The van der Waals surface area contributed by atoms with E-state index >= 15 is 0 Å². The third-order valence-corrected chi connectivity index (χ3v) is 4.80. The summed E-state index contributed by atoms with van der Waals surface area (Å²) in [6.07, 6.45) is 10.8. The molecule has 1 atom stereocenters. The first kappa shape index (κ1) is 14.5. The summed E-state index contributed by atoms with van der Waals surface area (Å²) >= 11 is 0. The Hall–Kier alpha value is -1.42. The van der Waals surface area contributed by atoms with Gasteiger partial charge in [0.05, 0.1) is 6.04 Å². The van der Waals surface area contributed by atoms with Crippen LogP contribution in [0.15, 0.2) is 24.5 Å². The van der Waals surface area contributed by atoms with Gasteiger partial charge in [-0.15, -0.1) is 0 Å². The molecular formula is C17H25N3O. The summed E-state index contributed by atoms with van der Waals surface area (Å²) < 4.78 is 0. The normalized spacial score (nSPS) is 24.6. The molecule has 1 aromatic heterocycles. The molecule has 2 heterocycles. The summed E-state index contributed by atoms with van der Waals surface area (Å²) in [4.78, 5) is 19.3. The molecule has 2 fully saturated rings. The highest BCUT2D eigenvalue weighted by molar-refractivity contribution is 5.79. The largest absolute Gasteiger partial charge is 0.333 e. The second kappa shape index (κ2) is 7.03. The van der Waals surface area contributed by atoms with E-state index in [1.807, 2.05) is 12.3 Å². The van der Waals surface area contributed by atoms with Crippen molar-refractivity contribution in [3.05, 3.63) is 30.1 Å². The standard InChI is InChI=1S/C17H25N3O/c21-17(14-6-3-1-2-4-7-14)20-11-10-19-13-16(20)15-8-5-9-18-12-15/h5,8-9,12,14,16,19H,1-4,6-7,10-11,13H2. The Kier molecular flexibility index (Phi) is 4.86. The predicted molar refractivity (Wildman–Crippen MR) is 82.8 cm³/mol. The molecule has 1 saturated carbocycles. The second-order valence-electron chi connectivity index (χ2n) is 6.23. The lowest BCUT2D eigenvalue weighted by Gasteiger charge is -2.38. The summed E-state index contributed by atoms with van der Waals surface area (Å²) in [5.41, 5.74) is 1.15. The van der Waals surface area contributed by atoms with E-state index < -0.39 is 0 Å². The smallest absolute Gasteiger partial charge is 0.226 e. The maximum absolute atomic E-state index is 13.0. The molecule has 1 amide bonds. The van der Waals surface area contributed by atoms with E-state index in [2.05, 4.69) is 21.3 Å². The zero-order chi connectivity index (χ0) is 14.5. The summed E-state index contributed by atoms with van der Waals surface area (Å²) in [6.45, 7) is 2.55. The highest BCUT2D eigenvalue weighted by Gasteiger charge is 2.32. The van der Waals surface area contributed by atoms with Crippen LogP contribution in [0.5, 0.6) is 0 Å². The highest BCUT2D eigenvalue weighted by atomic mass is 16.2. The van der Waals surface area contributed by atoms with E-state index in [0.717, 1.165) is 38.0 Å². The number of pyridine rings is 1. The number of rotatable bonds is 2. The van der Waals surface area contributed by atoms with Gasteiger partial charge in [0.25, 0.3) is 0 Å². The first-order valence-electron chi connectivity index (χ1n) is 8.27. The number of hydrogen-bond acceptors (Lipinski definition) is 3. The first-order valence-corrected chi connectivity index (χ1v) is 8.27. The lowest BCUT2D eigenvalue weighted by molar-refractivity contribution is -0.139. The Balaban J connectivity index is 1.75. The van der Waals surface area contributed by atoms with Gasteiger partial charge in [0.2, 0.25) is 5.91 Å². The Morgan fingerprint density at radius 2 is 2.05 bits per heavy atom. The van der Waals surface area contributed by atoms with E-state index in [4.69, 9.17) is 0 Å². The van der Waals surface area contributed by atoms with E-state index in [1.165, 1.54) is 25.7 Å². The molecule has 0 bridgehead atoms. The van der Waals surface area contributed by atoms with Crippen molar-refractivity contribution < 1.29 is 4.79 Å². The van der Waals surface area contributed by atoms with Gasteiger partial charge in [-0.25, -0.2) is 0 Å². The van der Waals surface area contributed by atoms with Gasteiger partial charge in [0.15, 0.2) is 0 Å². The number of carbonyl (C=O) groups is 1. The molecule has 114 valence electrons. The van der Waals surface area contributed by atoms with Crippen LogP contribution in [0.2, 0.25) is 0 Å². The average Bonchev–Trinajstić information content (AvgIpc) is 2.84. The monoisotopic (exact) mass is 287 g/mol. The van der Waals surface area contributed by atoms with Crippen molar-refractivity contribution in [1.82, 2.24) is 15.2 Å². The third-order valence-electron chi connectivity index (χ3n) is 4.80. The van der Waals surface area contributed by atoms with Gasteiger partial charge < -0.3 is 10.2 Å². The summed E-state index contributed by atoms with van der Waals surface area (Å²) in [7, 11) is 0. The van der Waals surface area contributed by atoms with E-state index in [9.17, 15) is 4.79 Å². The van der Waals surface area contributed by atoms with Gasteiger partial charge in [0.1, 0.15) is 0 Å². The highest BCUT2D eigenvalue weighted by Crippen LogP contribution is 2.29. The summed E-state index contributed by atoms with van der Waals surface area (Å²) in [5.74, 6) is 0.608. The third kappa shape index (κ3) is 3.43. The van der Waals surface area contributed by atoms with Gasteiger partial charge >= 0.3 is 0 Å². The van der Waals surface area contributed by atoms with Crippen LogP contribution in [0.3, 0.4) is 0 Å². The molecule has 1 aliphatic carbocycles. The predicted octanol–water partition coefficient (Wildman–Crippen LogP) is 2.52. The van der Waals surface area contributed by atoms with Gasteiger partial charge in [0, 0.05) is 37.9 Å². The van der Waals surface area contributed by atoms with Crippen molar-refractivity contribution in [1.29, 1.82) is 0 Å². The molecule has 4 heteroatoms. The Morgan fingerprint density at radius 1 is 1.24 bits per heavy atom. The molecule has 1 saturated heterocycles. The lowest BCUT2D eigenvalue weighted by atomic mass is 9.96. The minimum atomic E-state index is 0.142. The van der Waals surface area contributed by atoms with Crippen LogP contribution in [0, 0.1) is 5.92 Å². The van der Waals surface area contributed by atoms with Crippen molar-refractivity contribution in [2.24, 2.45) is 5.92 Å². The number of carbonyl (C=O) groups excluding carboxylic acids is 1. The molecule has 2 aliphatic rings. The van der Waals surface area contributed by atoms with Crippen LogP contribution in [-0.2, 0) is 4.79 Å². The SMILES string of the molecule is O=C(C1CCCCCC1)N1CCNCC1c1cccnc1. The van der Waals surface area contributed by atoms with Crippen LogP contribution >= 0.6 is 0 Å². The molecule has 0 radical (unpaired) electrons. The maximum Gasteiger partial charge on any atom is 0.226 e. The molecule has 1 aromatic rings. The molecule has 0 aromatic carbocycles. The summed E-state index contributed by atoms with van der Waals surface area (Å²) in [6, 6.07) is 4.18. The van der Waals surface area contributed by atoms with Gasteiger partial charge in [-0.3, -0.25) is 9.78 Å². The zero-order valence-corrected chi connectivity index (χ0v) is 12.6. The van der Waals surface area contributed by atoms with Crippen molar-refractivity contribution >= 4 is 5.91 Å². The average molecular weight is 287 g/mol. The molecule has 1 unspecified atom stereocenters. The topological polar surface area (TPSA) is 45.2 Å². The number of nitrogens with one attached hydrogen (secondary N) is 1. The summed E-state index contributed by atoms with van der Waals surface area (Å²) in [5, 5.41) is 3.41. The fourth-order valence-corrected chi connectivity index (χ4v) is 3.60. The van der Waals surface area contributed by atoms with Gasteiger partial charge in [-0.2, -0.15) is 0 Å². The fraction of sp³-hybridized carbons (Fsp3) is 0.647. The van der Waals surface area contributed by atoms with E-state index in [-0.39, 0.29) is 12.0 Å². The molecule has 21 heavy (non-hydrogen) atoms. The number of hydrogen-bond donors (Lipinski definition) is 1. The Morgan fingerprint density at radius 3 is 2.76 bits per heavy atom. The van der Waals surface area contributed by atoms with Crippen molar-refractivity contribution in [3.8, 4) is 0 Å². The first-order chi connectivity index (χ1) is 10.4. The number of aromatic nitrogens is 1. The van der Waals surface area contributed by atoms with Crippen LogP contribution in [0.1, 0.15) is 50.1 Å². The van der Waals surface area contributed by atoms with Gasteiger partial charge in [-0.1, -0.05) is 31.7 Å². The van der Waals surface area contributed by atoms with Crippen molar-refractivity contribution in [2.45, 2.75) is 44.6 Å². The van der Waals surface area contributed by atoms with Crippen molar-refractivity contribution in [3.63, 3.8) is 0 Å². The number of amides is 1. The van der Waals surface area contributed by atoms with Crippen LogP contribution in [0.4, 0.5) is 0 Å². The van der Waals surface area contributed by atoms with Crippen LogP contribution < -0.4 is 5.32 Å². The molecule has 3 rings (SSSR count). The van der Waals surface area contributed by atoms with Gasteiger partial charge in [-0.05, 0) is 24.5 Å². The van der Waals surface area contributed by atoms with Crippen molar-refractivity contribution in [2.75, 3.05) is 19.6 Å². The van der Waals surface area contributed by atoms with Crippen LogP contribution in [-0.4, -0.2) is 35.4 Å².